The highest BCUT2D eigenvalue weighted by Gasteiger charge is 2.40. The molecule has 0 bridgehead atoms. The van der Waals surface area contributed by atoms with Gasteiger partial charge in [0.2, 0.25) is 5.95 Å². The first-order chi connectivity index (χ1) is 11.7. The van der Waals surface area contributed by atoms with Crippen LogP contribution >= 0.6 is 0 Å². The number of anilines is 1. The van der Waals surface area contributed by atoms with Gasteiger partial charge < -0.3 is 15.4 Å². The van der Waals surface area contributed by atoms with E-state index in [0.29, 0.717) is 0 Å². The van der Waals surface area contributed by atoms with Crippen LogP contribution < -0.4 is 5.73 Å². The van der Waals surface area contributed by atoms with Gasteiger partial charge in [-0.15, -0.1) is 0 Å². The molecule has 3 heterocycles. The molecule has 3 atom stereocenters. The van der Waals surface area contributed by atoms with Gasteiger partial charge >= 0.3 is 0 Å². The number of nitrogens with zero attached hydrogens (tertiary/aromatic N) is 4. The number of benzene rings is 1. The van der Waals surface area contributed by atoms with Crippen molar-refractivity contribution in [2.24, 2.45) is 5.92 Å². The molecule has 120 valence electrons. The van der Waals surface area contributed by atoms with Crippen molar-refractivity contribution in [1.82, 2.24) is 19.5 Å². The Labute approximate surface area is 139 Å². The Morgan fingerprint density at radius 1 is 1.17 bits per heavy atom. The van der Waals surface area contributed by atoms with Crippen LogP contribution in [-0.2, 0) is 6.42 Å². The van der Waals surface area contributed by atoms with Crippen molar-refractivity contribution >= 4 is 5.95 Å². The van der Waals surface area contributed by atoms with E-state index in [-0.39, 0.29) is 17.9 Å². The lowest BCUT2D eigenvalue weighted by molar-refractivity contribution is 0.0707. The van der Waals surface area contributed by atoms with Crippen molar-refractivity contribution in [3.63, 3.8) is 0 Å². The van der Waals surface area contributed by atoms with Gasteiger partial charge in [0.1, 0.15) is 0 Å². The summed E-state index contributed by atoms with van der Waals surface area (Å²) in [6.45, 7) is 0. The molecule has 2 aromatic heterocycles. The van der Waals surface area contributed by atoms with E-state index in [9.17, 15) is 5.11 Å². The first kappa shape index (κ1) is 13.7. The summed E-state index contributed by atoms with van der Waals surface area (Å²) >= 11 is 0. The molecule has 0 fully saturated rings. The van der Waals surface area contributed by atoms with Crippen LogP contribution in [0.2, 0.25) is 0 Å². The molecule has 6 nitrogen and oxygen atoms in total. The molecule has 1 aliphatic carbocycles. The monoisotopic (exact) mass is 319 g/mol. The van der Waals surface area contributed by atoms with Crippen LogP contribution in [0.5, 0.6) is 0 Å². The lowest BCUT2D eigenvalue weighted by Gasteiger charge is -2.34. The zero-order valence-electron chi connectivity index (χ0n) is 13.0. The van der Waals surface area contributed by atoms with Gasteiger partial charge in [0.25, 0.3) is 0 Å². The van der Waals surface area contributed by atoms with Crippen molar-refractivity contribution in [3.05, 3.63) is 59.8 Å². The van der Waals surface area contributed by atoms with Crippen LogP contribution in [-0.4, -0.2) is 24.6 Å². The second kappa shape index (κ2) is 4.88. The number of aryl methyl sites for hydroxylation is 1. The number of imidazole rings is 1. The predicted octanol–water partition coefficient (Wildman–Crippen LogP) is 2.12. The number of fused-ring (bicyclic) bond motifs is 4. The quantitative estimate of drug-likeness (QED) is 0.717. The maximum atomic E-state index is 11.0. The summed E-state index contributed by atoms with van der Waals surface area (Å²) in [5.41, 5.74) is 10.9. The van der Waals surface area contributed by atoms with Crippen molar-refractivity contribution in [1.29, 1.82) is 0 Å². The lowest BCUT2D eigenvalue weighted by Crippen LogP contribution is -2.29. The SMILES string of the molecule is Nc1ncc2c(n1)CC[C@H]([C@@H]1c3ccccc3-c3cncn31)[C@H]2O. The Morgan fingerprint density at radius 3 is 2.96 bits per heavy atom. The lowest BCUT2D eigenvalue weighted by atomic mass is 9.78. The molecule has 3 aromatic rings. The Bertz CT molecular complexity index is 935. The topological polar surface area (TPSA) is 89.9 Å². The summed E-state index contributed by atoms with van der Waals surface area (Å²) < 4.78 is 2.18. The molecule has 0 spiro atoms. The van der Waals surface area contributed by atoms with Gasteiger partial charge in [-0.1, -0.05) is 24.3 Å². The Morgan fingerprint density at radius 2 is 2.04 bits per heavy atom. The van der Waals surface area contributed by atoms with E-state index in [1.165, 1.54) is 11.1 Å². The van der Waals surface area contributed by atoms with E-state index in [1.807, 2.05) is 18.6 Å². The molecule has 5 rings (SSSR count). The fraction of sp³-hybridized carbons (Fsp3) is 0.278. The van der Waals surface area contributed by atoms with Gasteiger partial charge in [0.15, 0.2) is 0 Å². The maximum Gasteiger partial charge on any atom is 0.220 e. The highest BCUT2D eigenvalue weighted by Crippen LogP contribution is 2.49. The highest BCUT2D eigenvalue weighted by atomic mass is 16.3. The van der Waals surface area contributed by atoms with E-state index in [1.54, 1.807) is 6.20 Å². The summed E-state index contributed by atoms with van der Waals surface area (Å²) in [6, 6.07) is 8.45. The average Bonchev–Trinajstić information content (AvgIpc) is 3.16. The van der Waals surface area contributed by atoms with Crippen LogP contribution in [0.15, 0.2) is 43.0 Å². The molecule has 0 radical (unpaired) electrons. The molecule has 6 heteroatoms. The van der Waals surface area contributed by atoms with Crippen molar-refractivity contribution < 1.29 is 5.11 Å². The molecular weight excluding hydrogens is 302 g/mol. The van der Waals surface area contributed by atoms with Crippen LogP contribution in [0, 0.1) is 5.92 Å². The third kappa shape index (κ3) is 1.77. The Balaban J connectivity index is 1.62. The maximum absolute atomic E-state index is 11.0. The summed E-state index contributed by atoms with van der Waals surface area (Å²) in [4.78, 5) is 12.7. The van der Waals surface area contributed by atoms with Crippen LogP contribution in [0.25, 0.3) is 11.3 Å². The van der Waals surface area contributed by atoms with Gasteiger partial charge in [-0.25, -0.2) is 15.0 Å². The van der Waals surface area contributed by atoms with Crippen molar-refractivity contribution in [2.75, 3.05) is 5.73 Å². The smallest absolute Gasteiger partial charge is 0.220 e. The molecule has 2 aliphatic rings. The largest absolute Gasteiger partial charge is 0.388 e. The average molecular weight is 319 g/mol. The summed E-state index contributed by atoms with van der Waals surface area (Å²) in [7, 11) is 0. The number of nitrogen functional groups attached to an aromatic ring is 1. The van der Waals surface area contributed by atoms with Crippen LogP contribution in [0.1, 0.15) is 35.4 Å². The molecule has 0 saturated heterocycles. The van der Waals surface area contributed by atoms with Gasteiger partial charge in [0.05, 0.1) is 36.1 Å². The fourth-order valence-electron chi connectivity index (χ4n) is 4.22. The summed E-state index contributed by atoms with van der Waals surface area (Å²) in [6.07, 6.45) is 6.46. The van der Waals surface area contributed by atoms with Gasteiger partial charge in [-0.05, 0) is 18.4 Å². The van der Waals surface area contributed by atoms with Crippen LogP contribution in [0.3, 0.4) is 0 Å². The minimum absolute atomic E-state index is 0.0568. The first-order valence-electron chi connectivity index (χ1n) is 8.14. The van der Waals surface area contributed by atoms with Crippen molar-refractivity contribution in [2.45, 2.75) is 25.0 Å². The number of hydrogen-bond acceptors (Lipinski definition) is 5. The van der Waals surface area contributed by atoms with E-state index in [2.05, 4.69) is 37.7 Å². The second-order valence-electron chi connectivity index (χ2n) is 6.50. The van der Waals surface area contributed by atoms with E-state index in [4.69, 9.17) is 5.73 Å². The Hall–Kier alpha value is -2.73. The summed E-state index contributed by atoms with van der Waals surface area (Å²) in [5.74, 6) is 0.323. The molecule has 1 aromatic carbocycles. The summed E-state index contributed by atoms with van der Waals surface area (Å²) in [5, 5.41) is 11.0. The molecule has 0 amide bonds. The van der Waals surface area contributed by atoms with E-state index in [0.717, 1.165) is 29.8 Å². The predicted molar refractivity (Wildman–Crippen MR) is 89.0 cm³/mol. The fourth-order valence-corrected chi connectivity index (χ4v) is 4.22. The number of aliphatic hydroxyl groups excluding tert-OH is 1. The standard InChI is InChI=1S/C18H17N5O/c19-18-21-7-13-14(22-18)6-5-12(17(13)24)16-11-4-2-1-3-10(11)15-8-20-9-23(15)16/h1-4,7-9,12,16-17,24H,5-6H2,(H2,19,21,22)/t12-,16+,17-/m1/s1. The molecule has 0 unspecified atom stereocenters. The molecular formula is C18H17N5O. The number of rotatable bonds is 1. The second-order valence-corrected chi connectivity index (χ2v) is 6.50. The molecule has 0 saturated carbocycles. The number of hydrogen-bond donors (Lipinski definition) is 2. The van der Waals surface area contributed by atoms with Gasteiger partial charge in [-0.3, -0.25) is 0 Å². The third-order valence-electron chi connectivity index (χ3n) is 5.28. The third-order valence-corrected chi connectivity index (χ3v) is 5.28. The molecule has 3 N–H and O–H groups in total. The minimum atomic E-state index is -0.610. The minimum Gasteiger partial charge on any atom is -0.388 e. The Kier molecular flexibility index (Phi) is 2.78. The molecule has 24 heavy (non-hydrogen) atoms. The number of nitrogens with two attached hydrogens (primary N) is 1. The van der Waals surface area contributed by atoms with Gasteiger partial charge in [0, 0.05) is 23.2 Å². The van der Waals surface area contributed by atoms with Crippen LogP contribution in [0.4, 0.5) is 5.95 Å². The van der Waals surface area contributed by atoms with Gasteiger partial charge in [-0.2, -0.15) is 0 Å². The molecule has 1 aliphatic heterocycles. The van der Waals surface area contributed by atoms with Crippen molar-refractivity contribution in [3.8, 4) is 11.3 Å². The highest BCUT2D eigenvalue weighted by molar-refractivity contribution is 5.69. The normalized spacial score (nSPS) is 24.3. The number of aliphatic hydroxyl groups is 1. The van der Waals surface area contributed by atoms with E-state index >= 15 is 0 Å². The zero-order valence-corrected chi connectivity index (χ0v) is 13.0. The zero-order chi connectivity index (χ0) is 16.3. The first-order valence-corrected chi connectivity index (χ1v) is 8.14. The van der Waals surface area contributed by atoms with E-state index < -0.39 is 6.10 Å². The number of aromatic nitrogens is 4.